The lowest BCUT2D eigenvalue weighted by Crippen LogP contribution is -2.46. The summed E-state index contributed by atoms with van der Waals surface area (Å²) in [5.41, 5.74) is 3.28. The van der Waals surface area contributed by atoms with E-state index in [0.29, 0.717) is 0 Å². The molecule has 1 saturated heterocycles. The van der Waals surface area contributed by atoms with Crippen molar-refractivity contribution in [3.63, 3.8) is 0 Å². The molecule has 0 unspecified atom stereocenters. The molecule has 3 aromatic rings. The smallest absolute Gasteiger partial charge is 0.135 e. The zero-order chi connectivity index (χ0) is 19.5. The maximum Gasteiger partial charge on any atom is 0.135 e. The number of aryl methyl sites for hydroxylation is 1. The van der Waals surface area contributed by atoms with E-state index in [1.165, 1.54) is 5.56 Å². The Bertz CT molecular complexity index is 928. The Morgan fingerprint density at radius 3 is 2.43 bits per heavy atom. The minimum absolute atomic E-state index is 0.825. The van der Waals surface area contributed by atoms with Gasteiger partial charge in [0.15, 0.2) is 0 Å². The van der Waals surface area contributed by atoms with Gasteiger partial charge in [-0.05, 0) is 50.2 Å². The number of nitrogens with zero attached hydrogens (tertiary/aromatic N) is 4. The second-order valence-electron chi connectivity index (χ2n) is 7.17. The highest BCUT2D eigenvalue weighted by Crippen LogP contribution is 2.26. The summed E-state index contributed by atoms with van der Waals surface area (Å²) in [5, 5.41) is 0. The van der Waals surface area contributed by atoms with Crippen molar-refractivity contribution in [1.82, 2.24) is 14.9 Å². The van der Waals surface area contributed by atoms with Gasteiger partial charge in [0.1, 0.15) is 29.4 Å². The Kier molecular flexibility index (Phi) is 5.30. The summed E-state index contributed by atoms with van der Waals surface area (Å²) in [7, 11) is 1.67. The number of hydrogen-bond donors (Lipinski definition) is 0. The minimum Gasteiger partial charge on any atom is -0.497 e. The second kappa shape index (κ2) is 8.02. The Morgan fingerprint density at radius 2 is 1.71 bits per heavy atom. The highest BCUT2D eigenvalue weighted by Gasteiger charge is 2.21. The van der Waals surface area contributed by atoms with E-state index in [1.807, 2.05) is 37.3 Å². The van der Waals surface area contributed by atoms with E-state index < -0.39 is 0 Å². The molecular weight excluding hydrogens is 352 g/mol. The Balaban J connectivity index is 1.36. The molecule has 0 radical (unpaired) electrons. The Morgan fingerprint density at radius 1 is 0.964 bits per heavy atom. The first-order valence-electron chi connectivity index (χ1n) is 9.62. The van der Waals surface area contributed by atoms with Gasteiger partial charge in [-0.3, -0.25) is 4.90 Å². The monoisotopic (exact) mass is 378 g/mol. The topological polar surface area (TPSA) is 54.6 Å². The van der Waals surface area contributed by atoms with Crippen LogP contribution < -0.4 is 9.64 Å². The largest absolute Gasteiger partial charge is 0.497 e. The van der Waals surface area contributed by atoms with E-state index in [9.17, 15) is 0 Å². The van der Waals surface area contributed by atoms with Gasteiger partial charge >= 0.3 is 0 Å². The Hall–Kier alpha value is -2.86. The highest BCUT2D eigenvalue weighted by atomic mass is 16.5. The molecule has 28 heavy (non-hydrogen) atoms. The number of methoxy groups -OCH3 is 1. The van der Waals surface area contributed by atoms with Crippen LogP contribution in [0.2, 0.25) is 0 Å². The number of benzene rings is 1. The number of aromatic nitrogens is 2. The quantitative estimate of drug-likeness (QED) is 0.675. The fourth-order valence-corrected chi connectivity index (χ4v) is 3.56. The lowest BCUT2D eigenvalue weighted by molar-refractivity contribution is 0.231. The maximum absolute atomic E-state index is 6.08. The van der Waals surface area contributed by atoms with Crippen LogP contribution in [0, 0.1) is 13.8 Å². The van der Waals surface area contributed by atoms with E-state index in [0.717, 1.165) is 67.1 Å². The van der Waals surface area contributed by atoms with Crippen molar-refractivity contribution < 1.29 is 9.15 Å². The van der Waals surface area contributed by atoms with Crippen molar-refractivity contribution in [1.29, 1.82) is 0 Å². The molecule has 1 aromatic carbocycles. The lowest BCUT2D eigenvalue weighted by Gasteiger charge is -2.35. The highest BCUT2D eigenvalue weighted by molar-refractivity contribution is 5.58. The number of ether oxygens (including phenoxy) is 1. The van der Waals surface area contributed by atoms with Crippen LogP contribution in [0.25, 0.3) is 11.3 Å². The zero-order valence-corrected chi connectivity index (χ0v) is 16.7. The summed E-state index contributed by atoms with van der Waals surface area (Å²) in [5.74, 6) is 3.80. The molecule has 0 saturated carbocycles. The first-order chi connectivity index (χ1) is 13.6. The van der Waals surface area contributed by atoms with Crippen molar-refractivity contribution in [3.8, 4) is 17.1 Å². The number of piperazine rings is 1. The number of rotatable bonds is 5. The molecular formula is C22H26N4O2. The maximum atomic E-state index is 6.08. The van der Waals surface area contributed by atoms with Gasteiger partial charge in [-0.2, -0.15) is 0 Å². The molecule has 1 aliphatic rings. The van der Waals surface area contributed by atoms with Crippen LogP contribution in [0.5, 0.6) is 5.75 Å². The van der Waals surface area contributed by atoms with Crippen molar-refractivity contribution in [2.24, 2.45) is 0 Å². The summed E-state index contributed by atoms with van der Waals surface area (Å²) < 4.78 is 11.3. The molecule has 6 nitrogen and oxygen atoms in total. The molecule has 1 fully saturated rings. The molecule has 6 heteroatoms. The standard InChI is InChI=1S/C22H26N4O2/c1-16-17(2)23-15-24-22(16)26-12-10-25(11-13-26)14-20-8-9-21(28-20)18-4-6-19(27-3)7-5-18/h4-9,15H,10-14H2,1-3H3. The number of furan rings is 1. The molecule has 1 aliphatic heterocycles. The molecule has 146 valence electrons. The normalized spacial score (nSPS) is 15.0. The first kappa shape index (κ1) is 18.5. The Labute approximate surface area is 165 Å². The fourth-order valence-electron chi connectivity index (χ4n) is 3.56. The molecule has 0 bridgehead atoms. The van der Waals surface area contributed by atoms with Crippen LogP contribution in [-0.2, 0) is 6.54 Å². The van der Waals surface area contributed by atoms with Crippen LogP contribution in [0.1, 0.15) is 17.0 Å². The van der Waals surface area contributed by atoms with Crippen molar-refractivity contribution in [2.45, 2.75) is 20.4 Å². The third-order valence-electron chi connectivity index (χ3n) is 5.40. The van der Waals surface area contributed by atoms with Gasteiger partial charge in [-0.15, -0.1) is 0 Å². The van der Waals surface area contributed by atoms with E-state index in [1.54, 1.807) is 13.4 Å². The van der Waals surface area contributed by atoms with E-state index >= 15 is 0 Å². The third-order valence-corrected chi connectivity index (χ3v) is 5.40. The number of hydrogen-bond acceptors (Lipinski definition) is 6. The molecule has 0 atom stereocenters. The summed E-state index contributed by atoms with van der Waals surface area (Å²) >= 11 is 0. The van der Waals surface area contributed by atoms with Crippen LogP contribution in [0.15, 0.2) is 47.1 Å². The van der Waals surface area contributed by atoms with Crippen LogP contribution in [0.3, 0.4) is 0 Å². The molecule has 0 N–H and O–H groups in total. The molecule has 2 aromatic heterocycles. The summed E-state index contributed by atoms with van der Waals surface area (Å²) in [6.45, 7) is 8.86. The van der Waals surface area contributed by atoms with Gasteiger partial charge in [0, 0.05) is 43.0 Å². The molecule has 0 amide bonds. The first-order valence-corrected chi connectivity index (χ1v) is 9.62. The molecule has 0 spiro atoms. The predicted octanol–water partition coefficient (Wildman–Crippen LogP) is 3.68. The van der Waals surface area contributed by atoms with E-state index in [2.05, 4.69) is 32.8 Å². The van der Waals surface area contributed by atoms with Gasteiger partial charge in [0.2, 0.25) is 0 Å². The van der Waals surface area contributed by atoms with E-state index in [4.69, 9.17) is 9.15 Å². The average Bonchev–Trinajstić information content (AvgIpc) is 3.19. The van der Waals surface area contributed by atoms with Gasteiger partial charge in [0.25, 0.3) is 0 Å². The average molecular weight is 378 g/mol. The van der Waals surface area contributed by atoms with Gasteiger partial charge < -0.3 is 14.1 Å². The van der Waals surface area contributed by atoms with E-state index in [-0.39, 0.29) is 0 Å². The van der Waals surface area contributed by atoms with Crippen molar-refractivity contribution in [2.75, 3.05) is 38.2 Å². The third kappa shape index (κ3) is 3.87. The lowest BCUT2D eigenvalue weighted by atomic mass is 10.2. The van der Waals surface area contributed by atoms with Crippen molar-refractivity contribution >= 4 is 5.82 Å². The molecule has 0 aliphatic carbocycles. The van der Waals surface area contributed by atoms with Gasteiger partial charge in [-0.1, -0.05) is 0 Å². The summed E-state index contributed by atoms with van der Waals surface area (Å²) in [4.78, 5) is 13.5. The summed E-state index contributed by atoms with van der Waals surface area (Å²) in [6, 6.07) is 12.1. The van der Waals surface area contributed by atoms with Crippen LogP contribution >= 0.6 is 0 Å². The number of anilines is 1. The van der Waals surface area contributed by atoms with Gasteiger partial charge in [-0.25, -0.2) is 9.97 Å². The minimum atomic E-state index is 0.825. The van der Waals surface area contributed by atoms with Crippen molar-refractivity contribution in [3.05, 3.63) is 59.7 Å². The van der Waals surface area contributed by atoms with Crippen LogP contribution in [0.4, 0.5) is 5.82 Å². The second-order valence-corrected chi connectivity index (χ2v) is 7.17. The van der Waals surface area contributed by atoms with Gasteiger partial charge in [0.05, 0.1) is 13.7 Å². The molecule has 3 heterocycles. The molecule has 4 rings (SSSR count). The van der Waals surface area contributed by atoms with Crippen LogP contribution in [-0.4, -0.2) is 48.2 Å². The fraction of sp³-hybridized carbons (Fsp3) is 0.364. The predicted molar refractivity (Wildman–Crippen MR) is 110 cm³/mol. The zero-order valence-electron chi connectivity index (χ0n) is 16.7. The summed E-state index contributed by atoms with van der Waals surface area (Å²) in [6.07, 6.45) is 1.66. The SMILES string of the molecule is COc1ccc(-c2ccc(CN3CCN(c4ncnc(C)c4C)CC3)o2)cc1.